The molecule has 19 heavy (non-hydrogen) atoms. The van der Waals surface area contributed by atoms with Crippen LogP contribution in [-0.2, 0) is 0 Å². The van der Waals surface area contributed by atoms with Gasteiger partial charge in [0.2, 0.25) is 0 Å². The first-order chi connectivity index (χ1) is 9.38. The number of nitrogens with zero attached hydrogens (tertiary/aromatic N) is 4. The summed E-state index contributed by atoms with van der Waals surface area (Å²) in [5, 5.41) is 7.66. The van der Waals surface area contributed by atoms with Crippen LogP contribution in [0.4, 0.5) is 5.82 Å². The van der Waals surface area contributed by atoms with Gasteiger partial charge in [-0.25, -0.2) is 9.50 Å². The summed E-state index contributed by atoms with van der Waals surface area (Å²) < 4.78 is 1.81. The van der Waals surface area contributed by atoms with Gasteiger partial charge in [-0.1, -0.05) is 6.92 Å². The van der Waals surface area contributed by atoms with Crippen molar-refractivity contribution in [2.24, 2.45) is 0 Å². The molecule has 2 aromatic heterocycles. The quantitative estimate of drug-likeness (QED) is 0.907. The summed E-state index contributed by atoms with van der Waals surface area (Å²) in [5.74, 6) is 1.08. The van der Waals surface area contributed by atoms with Crippen LogP contribution in [0.2, 0.25) is 0 Å². The minimum Gasteiger partial charge on any atom is -0.352 e. The van der Waals surface area contributed by atoms with Gasteiger partial charge in [0.05, 0.1) is 6.20 Å². The van der Waals surface area contributed by atoms with Gasteiger partial charge >= 0.3 is 0 Å². The Bertz CT molecular complexity index is 535. The van der Waals surface area contributed by atoms with Gasteiger partial charge in [0.15, 0.2) is 5.65 Å². The predicted octanol–water partition coefficient (Wildman–Crippen LogP) is 1.70. The molecule has 5 nitrogen and oxygen atoms in total. The predicted molar refractivity (Wildman–Crippen MR) is 76.5 cm³/mol. The number of aromatic nitrogens is 3. The number of hydrogen-bond acceptors (Lipinski definition) is 4. The normalized spacial score (nSPS) is 20.1. The number of anilines is 1. The first kappa shape index (κ1) is 12.4. The summed E-state index contributed by atoms with van der Waals surface area (Å²) in [4.78, 5) is 7.16. The van der Waals surface area contributed by atoms with E-state index in [1.165, 1.54) is 19.3 Å². The second-order valence-electron chi connectivity index (χ2n) is 5.07. The highest BCUT2D eigenvalue weighted by atomic mass is 15.3. The van der Waals surface area contributed by atoms with Crippen LogP contribution < -0.4 is 10.2 Å². The first-order valence-corrected chi connectivity index (χ1v) is 7.16. The molecule has 5 heteroatoms. The minimum absolute atomic E-state index is 0.562. The number of piperidine rings is 1. The van der Waals surface area contributed by atoms with Crippen molar-refractivity contribution in [3.8, 4) is 0 Å². The van der Waals surface area contributed by atoms with Crippen LogP contribution >= 0.6 is 0 Å². The van der Waals surface area contributed by atoms with Crippen LogP contribution in [0.3, 0.4) is 0 Å². The Morgan fingerprint density at radius 1 is 1.37 bits per heavy atom. The van der Waals surface area contributed by atoms with Crippen LogP contribution in [0.1, 0.15) is 26.2 Å². The Labute approximate surface area is 113 Å². The van der Waals surface area contributed by atoms with Gasteiger partial charge in [-0.3, -0.25) is 0 Å². The van der Waals surface area contributed by atoms with E-state index in [4.69, 9.17) is 4.98 Å². The molecule has 1 saturated heterocycles. The molecule has 102 valence electrons. The lowest BCUT2D eigenvalue weighted by molar-refractivity contribution is 0.436. The van der Waals surface area contributed by atoms with Crippen LogP contribution in [0, 0.1) is 0 Å². The Morgan fingerprint density at radius 2 is 2.32 bits per heavy atom. The van der Waals surface area contributed by atoms with Crippen molar-refractivity contribution in [2.45, 2.75) is 32.2 Å². The Hall–Kier alpha value is -1.62. The largest absolute Gasteiger partial charge is 0.352 e. The highest BCUT2D eigenvalue weighted by Gasteiger charge is 2.23. The Morgan fingerprint density at radius 3 is 3.21 bits per heavy atom. The molecule has 1 aliphatic heterocycles. The van der Waals surface area contributed by atoms with E-state index in [9.17, 15) is 0 Å². The zero-order valence-corrected chi connectivity index (χ0v) is 11.4. The highest BCUT2D eigenvalue weighted by Crippen LogP contribution is 2.23. The van der Waals surface area contributed by atoms with Gasteiger partial charge < -0.3 is 10.2 Å². The molecule has 1 fully saturated rings. The summed E-state index contributed by atoms with van der Waals surface area (Å²) >= 11 is 0. The molecule has 1 aliphatic rings. The maximum absolute atomic E-state index is 4.72. The molecule has 1 N–H and O–H groups in total. The number of fused-ring (bicyclic) bond motifs is 1. The van der Waals surface area contributed by atoms with Crippen molar-refractivity contribution in [3.05, 3.63) is 24.5 Å². The molecule has 0 amide bonds. The molecule has 3 heterocycles. The van der Waals surface area contributed by atoms with E-state index in [-0.39, 0.29) is 0 Å². The third kappa shape index (κ3) is 2.56. The summed E-state index contributed by atoms with van der Waals surface area (Å²) in [6, 6.07) is 4.59. The lowest BCUT2D eigenvalue weighted by Crippen LogP contribution is -2.46. The molecule has 0 spiro atoms. The van der Waals surface area contributed by atoms with Crippen LogP contribution in [-0.4, -0.2) is 40.3 Å². The SMILES string of the molecule is CCNCC1CCCCN1c1ccn2nccc2n1. The number of hydrogen-bond donors (Lipinski definition) is 1. The van der Waals surface area contributed by atoms with E-state index >= 15 is 0 Å². The van der Waals surface area contributed by atoms with E-state index in [0.717, 1.165) is 31.1 Å². The monoisotopic (exact) mass is 259 g/mol. The molecule has 1 atom stereocenters. The molecular formula is C14H21N5. The smallest absolute Gasteiger partial charge is 0.157 e. The zero-order chi connectivity index (χ0) is 13.1. The van der Waals surface area contributed by atoms with Crippen LogP contribution in [0.5, 0.6) is 0 Å². The minimum atomic E-state index is 0.562. The standard InChI is InChI=1S/C14H21N5/c1-2-15-11-12-5-3-4-9-18(12)13-7-10-19-14(17-13)6-8-16-19/h6-8,10,12,15H,2-5,9,11H2,1H3. The van der Waals surface area contributed by atoms with E-state index < -0.39 is 0 Å². The van der Waals surface area contributed by atoms with Crippen LogP contribution in [0.25, 0.3) is 5.65 Å². The fourth-order valence-corrected chi connectivity index (χ4v) is 2.79. The molecular weight excluding hydrogens is 238 g/mol. The average molecular weight is 259 g/mol. The van der Waals surface area contributed by atoms with Crippen molar-refractivity contribution in [1.82, 2.24) is 19.9 Å². The Balaban J connectivity index is 1.84. The molecule has 0 aromatic carbocycles. The Kier molecular flexibility index (Phi) is 3.64. The van der Waals surface area contributed by atoms with E-state index in [0.29, 0.717) is 6.04 Å². The third-order valence-corrected chi connectivity index (χ3v) is 3.79. The van der Waals surface area contributed by atoms with Crippen molar-refractivity contribution >= 4 is 11.5 Å². The van der Waals surface area contributed by atoms with Gasteiger partial charge in [0.1, 0.15) is 5.82 Å². The summed E-state index contributed by atoms with van der Waals surface area (Å²) in [6.45, 7) is 5.33. The fourth-order valence-electron chi connectivity index (χ4n) is 2.79. The number of rotatable bonds is 4. The van der Waals surface area contributed by atoms with Gasteiger partial charge in [-0.2, -0.15) is 5.10 Å². The maximum atomic E-state index is 4.72. The van der Waals surface area contributed by atoms with Gasteiger partial charge in [0, 0.05) is 31.4 Å². The molecule has 2 aromatic rings. The first-order valence-electron chi connectivity index (χ1n) is 7.16. The van der Waals surface area contributed by atoms with Crippen molar-refractivity contribution in [3.63, 3.8) is 0 Å². The average Bonchev–Trinajstić information content (AvgIpc) is 2.92. The van der Waals surface area contributed by atoms with Gasteiger partial charge in [0.25, 0.3) is 0 Å². The zero-order valence-electron chi connectivity index (χ0n) is 11.4. The summed E-state index contributed by atoms with van der Waals surface area (Å²) in [5.41, 5.74) is 0.922. The van der Waals surface area contributed by atoms with Crippen LogP contribution in [0.15, 0.2) is 24.5 Å². The van der Waals surface area contributed by atoms with Crippen molar-refractivity contribution < 1.29 is 0 Å². The van der Waals surface area contributed by atoms with E-state index in [2.05, 4.69) is 28.3 Å². The topological polar surface area (TPSA) is 45.5 Å². The maximum Gasteiger partial charge on any atom is 0.157 e. The number of likely N-dealkylation sites (N-methyl/N-ethyl adjacent to an activating group) is 1. The number of nitrogens with one attached hydrogen (secondary N) is 1. The van der Waals surface area contributed by atoms with Crippen molar-refractivity contribution in [2.75, 3.05) is 24.5 Å². The van der Waals surface area contributed by atoms with Gasteiger partial charge in [-0.15, -0.1) is 0 Å². The highest BCUT2D eigenvalue weighted by molar-refractivity contribution is 5.48. The lowest BCUT2D eigenvalue weighted by Gasteiger charge is -2.36. The van der Waals surface area contributed by atoms with E-state index in [1.54, 1.807) is 6.20 Å². The third-order valence-electron chi connectivity index (χ3n) is 3.79. The lowest BCUT2D eigenvalue weighted by atomic mass is 10.0. The van der Waals surface area contributed by atoms with E-state index in [1.807, 2.05) is 16.8 Å². The molecule has 0 saturated carbocycles. The fraction of sp³-hybridized carbons (Fsp3) is 0.571. The summed E-state index contributed by atoms with van der Waals surface area (Å²) in [6.07, 6.45) is 7.62. The second-order valence-corrected chi connectivity index (χ2v) is 5.07. The molecule has 1 unspecified atom stereocenters. The summed E-state index contributed by atoms with van der Waals surface area (Å²) in [7, 11) is 0. The van der Waals surface area contributed by atoms with Crippen molar-refractivity contribution in [1.29, 1.82) is 0 Å². The second kappa shape index (κ2) is 5.57. The molecule has 0 bridgehead atoms. The molecule has 0 radical (unpaired) electrons. The molecule has 3 rings (SSSR count). The van der Waals surface area contributed by atoms with Gasteiger partial charge in [-0.05, 0) is 31.9 Å². The molecule has 0 aliphatic carbocycles.